The summed E-state index contributed by atoms with van der Waals surface area (Å²) >= 11 is 0. The predicted octanol–water partition coefficient (Wildman–Crippen LogP) is 5.62. The van der Waals surface area contributed by atoms with Crippen molar-refractivity contribution in [2.75, 3.05) is 43.5 Å². The summed E-state index contributed by atoms with van der Waals surface area (Å²) in [5.74, 6) is 1.61. The van der Waals surface area contributed by atoms with Crippen molar-refractivity contribution in [1.29, 1.82) is 0 Å². The topological polar surface area (TPSA) is 70.6 Å². The maximum absolute atomic E-state index is 12.9. The van der Waals surface area contributed by atoms with Crippen molar-refractivity contribution < 1.29 is 9.53 Å². The van der Waals surface area contributed by atoms with Gasteiger partial charge < -0.3 is 19.9 Å². The number of hydrogen-bond donors (Lipinski definition) is 1. The van der Waals surface area contributed by atoms with Crippen LogP contribution in [0, 0.1) is 0 Å². The third-order valence-corrected chi connectivity index (χ3v) is 7.70. The van der Waals surface area contributed by atoms with Gasteiger partial charge in [-0.3, -0.25) is 9.78 Å². The summed E-state index contributed by atoms with van der Waals surface area (Å²) in [6, 6.07) is 21.7. The maximum atomic E-state index is 12.9. The summed E-state index contributed by atoms with van der Waals surface area (Å²) in [4.78, 5) is 27.6. The molecule has 1 amide bonds. The predicted molar refractivity (Wildman–Crippen MR) is 152 cm³/mol. The average Bonchev–Trinajstić information content (AvgIpc) is 3.66. The highest BCUT2D eigenvalue weighted by atomic mass is 16.5. The Hall–Kier alpha value is -3.97. The Kier molecular flexibility index (Phi) is 6.92. The summed E-state index contributed by atoms with van der Waals surface area (Å²) in [6.45, 7) is 4.58. The quantitative estimate of drug-likeness (QED) is 0.350. The van der Waals surface area contributed by atoms with Gasteiger partial charge in [0.15, 0.2) is 0 Å². The molecule has 0 radical (unpaired) electrons. The summed E-state index contributed by atoms with van der Waals surface area (Å²) < 4.78 is 5.23. The molecule has 2 aliphatic heterocycles. The monoisotopic (exact) mass is 507 g/mol. The normalized spacial score (nSPS) is 17.7. The van der Waals surface area contributed by atoms with Crippen LogP contribution in [0.15, 0.2) is 72.9 Å². The highest BCUT2D eigenvalue weighted by Gasteiger charge is 2.28. The van der Waals surface area contributed by atoms with Crippen LogP contribution < -0.4 is 15.0 Å². The zero-order chi connectivity index (χ0) is 25.9. The second-order valence-electron chi connectivity index (χ2n) is 10.2. The van der Waals surface area contributed by atoms with Crippen LogP contribution in [-0.2, 0) is 0 Å². The van der Waals surface area contributed by atoms with E-state index in [4.69, 9.17) is 14.7 Å². The van der Waals surface area contributed by atoms with E-state index in [1.165, 1.54) is 38.8 Å². The summed E-state index contributed by atoms with van der Waals surface area (Å²) in [5, 5.41) is 3.00. The zero-order valence-electron chi connectivity index (χ0n) is 21.8. The standard InChI is InChI=1S/C31H33N5O2/c1-38-27-13-10-23(11-14-27)22-6-8-24(9-7-22)31(37)33-25-12-15-28-29(19-25)32-20-30(34-28)36-18-4-5-26(36)21-35-16-2-3-17-35/h6-15,19-20,26H,2-5,16-18,21H2,1H3,(H,33,37)/t26-/m0/s1. The lowest BCUT2D eigenvalue weighted by molar-refractivity contribution is 0.102. The molecule has 0 aliphatic carbocycles. The lowest BCUT2D eigenvalue weighted by Gasteiger charge is -2.29. The van der Waals surface area contributed by atoms with E-state index >= 15 is 0 Å². The average molecular weight is 508 g/mol. The van der Waals surface area contributed by atoms with Gasteiger partial charge in [-0.15, -0.1) is 0 Å². The number of rotatable bonds is 7. The van der Waals surface area contributed by atoms with E-state index in [9.17, 15) is 4.79 Å². The van der Waals surface area contributed by atoms with Crippen LogP contribution in [-0.4, -0.2) is 60.1 Å². The van der Waals surface area contributed by atoms with E-state index in [1.54, 1.807) is 7.11 Å². The molecule has 3 aromatic carbocycles. The Balaban J connectivity index is 1.13. The molecule has 38 heavy (non-hydrogen) atoms. The molecule has 2 fully saturated rings. The molecule has 2 aliphatic rings. The van der Waals surface area contributed by atoms with Gasteiger partial charge in [0.25, 0.3) is 5.91 Å². The molecule has 1 aromatic heterocycles. The lowest BCUT2D eigenvalue weighted by atomic mass is 10.0. The van der Waals surface area contributed by atoms with E-state index in [2.05, 4.69) is 15.1 Å². The van der Waals surface area contributed by atoms with Gasteiger partial charge in [0.05, 0.1) is 24.3 Å². The maximum Gasteiger partial charge on any atom is 0.255 e. The minimum absolute atomic E-state index is 0.156. The Morgan fingerprint density at radius 3 is 2.39 bits per heavy atom. The Labute approximate surface area is 223 Å². The number of ether oxygens (including phenoxy) is 1. The van der Waals surface area contributed by atoms with E-state index in [-0.39, 0.29) is 5.91 Å². The van der Waals surface area contributed by atoms with Gasteiger partial charge in [0, 0.05) is 30.4 Å². The number of methoxy groups -OCH3 is 1. The van der Waals surface area contributed by atoms with Crippen molar-refractivity contribution in [1.82, 2.24) is 14.9 Å². The highest BCUT2D eigenvalue weighted by molar-refractivity contribution is 6.05. The molecular weight excluding hydrogens is 474 g/mol. The van der Waals surface area contributed by atoms with E-state index in [0.29, 0.717) is 17.3 Å². The van der Waals surface area contributed by atoms with E-state index in [0.717, 1.165) is 46.8 Å². The molecule has 0 saturated carbocycles. The summed E-state index contributed by atoms with van der Waals surface area (Å²) in [6.07, 6.45) is 6.92. The number of carbonyl (C=O) groups excluding carboxylic acids is 1. The third-order valence-electron chi connectivity index (χ3n) is 7.70. The molecule has 0 bridgehead atoms. The fourth-order valence-electron chi connectivity index (χ4n) is 5.61. The molecule has 6 rings (SSSR count). The van der Waals surface area contributed by atoms with Crippen molar-refractivity contribution in [3.63, 3.8) is 0 Å². The third kappa shape index (κ3) is 5.20. The van der Waals surface area contributed by atoms with Gasteiger partial charge in [-0.2, -0.15) is 0 Å². The molecular formula is C31H33N5O2. The molecule has 1 N–H and O–H groups in total. The fraction of sp³-hybridized carbons (Fsp3) is 0.323. The van der Waals surface area contributed by atoms with Crippen molar-refractivity contribution >= 4 is 28.4 Å². The Bertz CT molecular complexity index is 1410. The smallest absolute Gasteiger partial charge is 0.255 e. The van der Waals surface area contributed by atoms with Crippen LogP contribution in [0.4, 0.5) is 11.5 Å². The first-order chi connectivity index (χ1) is 18.7. The first-order valence-electron chi connectivity index (χ1n) is 13.5. The van der Waals surface area contributed by atoms with Crippen molar-refractivity contribution in [3.8, 4) is 16.9 Å². The molecule has 7 nitrogen and oxygen atoms in total. The summed E-state index contributed by atoms with van der Waals surface area (Å²) in [7, 11) is 1.65. The van der Waals surface area contributed by atoms with Gasteiger partial charge in [0.1, 0.15) is 11.6 Å². The second kappa shape index (κ2) is 10.8. The number of nitrogens with zero attached hydrogens (tertiary/aromatic N) is 4. The van der Waals surface area contributed by atoms with Crippen LogP contribution in [0.3, 0.4) is 0 Å². The lowest BCUT2D eigenvalue weighted by Crippen LogP contribution is -2.39. The minimum Gasteiger partial charge on any atom is -0.497 e. The minimum atomic E-state index is -0.156. The van der Waals surface area contributed by atoms with Crippen molar-refractivity contribution in [2.24, 2.45) is 0 Å². The SMILES string of the molecule is COc1ccc(-c2ccc(C(=O)Nc3ccc4nc(N5CCC[C@H]5CN5CCCC5)cnc4c3)cc2)cc1. The van der Waals surface area contributed by atoms with Gasteiger partial charge in [-0.05, 0) is 92.4 Å². The van der Waals surface area contributed by atoms with E-state index < -0.39 is 0 Å². The van der Waals surface area contributed by atoms with Gasteiger partial charge in [0.2, 0.25) is 0 Å². The molecule has 1 atom stereocenters. The molecule has 3 heterocycles. The number of carbonyl (C=O) groups is 1. The van der Waals surface area contributed by atoms with Gasteiger partial charge >= 0.3 is 0 Å². The zero-order valence-corrected chi connectivity index (χ0v) is 21.8. The Morgan fingerprint density at radius 2 is 1.66 bits per heavy atom. The van der Waals surface area contributed by atoms with Crippen molar-refractivity contribution in [3.05, 3.63) is 78.5 Å². The first kappa shape index (κ1) is 24.4. The number of likely N-dealkylation sites (tertiary alicyclic amines) is 1. The van der Waals surface area contributed by atoms with Crippen LogP contribution in [0.25, 0.3) is 22.2 Å². The molecule has 7 heteroatoms. The number of aromatic nitrogens is 2. The Morgan fingerprint density at radius 1 is 0.921 bits per heavy atom. The van der Waals surface area contributed by atoms with E-state index in [1.807, 2.05) is 72.9 Å². The molecule has 0 unspecified atom stereocenters. The number of benzene rings is 3. The fourth-order valence-corrected chi connectivity index (χ4v) is 5.61. The molecule has 194 valence electrons. The first-order valence-corrected chi connectivity index (χ1v) is 13.5. The number of nitrogens with one attached hydrogen (secondary N) is 1. The van der Waals surface area contributed by atoms with Crippen LogP contribution >= 0.6 is 0 Å². The largest absolute Gasteiger partial charge is 0.497 e. The van der Waals surface area contributed by atoms with Crippen LogP contribution in [0.2, 0.25) is 0 Å². The number of fused-ring (bicyclic) bond motifs is 1. The molecule has 0 spiro atoms. The molecule has 2 saturated heterocycles. The van der Waals surface area contributed by atoms with Gasteiger partial charge in [-0.25, -0.2) is 4.98 Å². The number of amides is 1. The number of hydrogen-bond acceptors (Lipinski definition) is 6. The van der Waals surface area contributed by atoms with Gasteiger partial charge in [-0.1, -0.05) is 24.3 Å². The highest BCUT2D eigenvalue weighted by Crippen LogP contribution is 2.28. The van der Waals surface area contributed by atoms with Crippen molar-refractivity contribution in [2.45, 2.75) is 31.7 Å². The van der Waals surface area contributed by atoms with Crippen LogP contribution in [0.5, 0.6) is 5.75 Å². The molecule has 4 aromatic rings. The second-order valence-corrected chi connectivity index (χ2v) is 10.2. The summed E-state index contributed by atoms with van der Waals surface area (Å²) in [5.41, 5.74) is 5.04. The van der Waals surface area contributed by atoms with Crippen LogP contribution in [0.1, 0.15) is 36.0 Å². The number of anilines is 2.